The van der Waals surface area contributed by atoms with E-state index >= 15 is 0 Å². The maximum Gasteiger partial charge on any atom is 0.0240 e. The zero-order valence-electron chi connectivity index (χ0n) is 9.97. The lowest BCUT2D eigenvalue weighted by atomic mass is 10.1. The largest absolute Gasteiger partial charge is 0.313 e. The van der Waals surface area contributed by atoms with Gasteiger partial charge in [-0.15, -0.1) is 12.3 Å². The van der Waals surface area contributed by atoms with Gasteiger partial charge in [0.15, 0.2) is 0 Å². The summed E-state index contributed by atoms with van der Waals surface area (Å²) in [5, 5.41) is 3.53. The fourth-order valence-electron chi connectivity index (χ4n) is 2.12. The Balaban J connectivity index is 1.97. The zero-order valence-corrected chi connectivity index (χ0v) is 9.97. The van der Waals surface area contributed by atoms with Gasteiger partial charge in [-0.3, -0.25) is 0 Å². The molecule has 0 aromatic heterocycles. The third kappa shape index (κ3) is 5.20. The summed E-state index contributed by atoms with van der Waals surface area (Å²) in [7, 11) is 0. The monoisotopic (exact) mass is 208 g/mol. The number of nitrogens with zero attached hydrogens (tertiary/aromatic N) is 1. The molecule has 0 spiro atoms. The van der Waals surface area contributed by atoms with Crippen LogP contribution in [0.4, 0.5) is 0 Å². The van der Waals surface area contributed by atoms with Crippen molar-refractivity contribution in [2.24, 2.45) is 0 Å². The molecule has 2 nitrogen and oxygen atoms in total. The van der Waals surface area contributed by atoms with E-state index in [2.05, 4.69) is 23.1 Å². The highest BCUT2D eigenvalue weighted by atomic mass is 15.1. The molecular weight excluding hydrogens is 184 g/mol. The SMILES string of the molecule is C#CCC(CC)NCCCN1CCCC1. The van der Waals surface area contributed by atoms with Crippen molar-refractivity contribution < 1.29 is 0 Å². The molecule has 1 rings (SSSR count). The van der Waals surface area contributed by atoms with Crippen LogP contribution in [0.15, 0.2) is 0 Å². The summed E-state index contributed by atoms with van der Waals surface area (Å²) < 4.78 is 0. The number of hydrogen-bond donors (Lipinski definition) is 1. The lowest BCUT2D eigenvalue weighted by Gasteiger charge is -2.17. The van der Waals surface area contributed by atoms with E-state index in [1.807, 2.05) is 0 Å². The molecule has 0 aliphatic carbocycles. The molecular formula is C13H24N2. The minimum atomic E-state index is 0.522. The molecule has 0 radical (unpaired) electrons. The molecule has 1 fully saturated rings. The van der Waals surface area contributed by atoms with Gasteiger partial charge in [0.05, 0.1) is 0 Å². The van der Waals surface area contributed by atoms with Gasteiger partial charge in [0.1, 0.15) is 0 Å². The summed E-state index contributed by atoms with van der Waals surface area (Å²) in [6.45, 7) is 7.16. The van der Waals surface area contributed by atoms with E-state index in [9.17, 15) is 0 Å². The maximum atomic E-state index is 5.31. The normalized spacial score (nSPS) is 18.9. The summed E-state index contributed by atoms with van der Waals surface area (Å²) in [6.07, 6.45) is 11.3. The highest BCUT2D eigenvalue weighted by molar-refractivity contribution is 4.89. The maximum absolute atomic E-state index is 5.31. The van der Waals surface area contributed by atoms with Crippen LogP contribution in [0.2, 0.25) is 0 Å². The fraction of sp³-hybridized carbons (Fsp3) is 0.846. The number of terminal acetylenes is 1. The van der Waals surface area contributed by atoms with Crippen molar-refractivity contribution in [3.8, 4) is 12.3 Å². The summed E-state index contributed by atoms with van der Waals surface area (Å²) >= 11 is 0. The third-order valence-electron chi connectivity index (χ3n) is 3.14. The fourth-order valence-corrected chi connectivity index (χ4v) is 2.12. The van der Waals surface area contributed by atoms with Crippen molar-refractivity contribution in [1.82, 2.24) is 10.2 Å². The van der Waals surface area contributed by atoms with Gasteiger partial charge in [-0.05, 0) is 51.9 Å². The number of rotatable bonds is 7. The van der Waals surface area contributed by atoms with Crippen molar-refractivity contribution >= 4 is 0 Å². The van der Waals surface area contributed by atoms with Crippen LogP contribution < -0.4 is 5.32 Å². The summed E-state index contributed by atoms with van der Waals surface area (Å²) in [5.41, 5.74) is 0. The van der Waals surface area contributed by atoms with Gasteiger partial charge in [-0.1, -0.05) is 6.92 Å². The number of hydrogen-bond acceptors (Lipinski definition) is 2. The molecule has 1 unspecified atom stereocenters. The van der Waals surface area contributed by atoms with Crippen LogP contribution in [0, 0.1) is 12.3 Å². The van der Waals surface area contributed by atoms with Crippen LogP contribution in [-0.4, -0.2) is 37.1 Å². The predicted molar refractivity (Wildman–Crippen MR) is 65.8 cm³/mol. The first-order chi connectivity index (χ1) is 7.36. The molecule has 0 aromatic rings. The summed E-state index contributed by atoms with van der Waals surface area (Å²) in [6, 6.07) is 0.522. The predicted octanol–water partition coefficient (Wildman–Crippen LogP) is 1.86. The Bertz CT molecular complexity index is 189. The molecule has 0 aromatic carbocycles. The van der Waals surface area contributed by atoms with Gasteiger partial charge in [-0.25, -0.2) is 0 Å². The van der Waals surface area contributed by atoms with E-state index in [-0.39, 0.29) is 0 Å². The van der Waals surface area contributed by atoms with Crippen LogP contribution >= 0.6 is 0 Å². The van der Waals surface area contributed by atoms with E-state index in [1.54, 1.807) is 0 Å². The molecule has 0 saturated carbocycles. The van der Waals surface area contributed by atoms with Crippen molar-refractivity contribution in [3.63, 3.8) is 0 Å². The van der Waals surface area contributed by atoms with Gasteiger partial charge >= 0.3 is 0 Å². The first-order valence-corrected chi connectivity index (χ1v) is 6.26. The second-order valence-corrected chi connectivity index (χ2v) is 4.37. The second kappa shape index (κ2) is 7.73. The minimum absolute atomic E-state index is 0.522. The number of nitrogens with one attached hydrogen (secondary N) is 1. The molecule has 0 bridgehead atoms. The molecule has 0 amide bonds. The van der Waals surface area contributed by atoms with E-state index in [4.69, 9.17) is 6.42 Å². The van der Waals surface area contributed by atoms with Gasteiger partial charge in [0.25, 0.3) is 0 Å². The molecule has 1 atom stereocenters. The molecule has 1 saturated heterocycles. The highest BCUT2D eigenvalue weighted by Gasteiger charge is 2.10. The van der Waals surface area contributed by atoms with Crippen LogP contribution in [-0.2, 0) is 0 Å². The van der Waals surface area contributed by atoms with E-state index < -0.39 is 0 Å². The van der Waals surface area contributed by atoms with Crippen LogP contribution in [0.1, 0.15) is 39.0 Å². The quantitative estimate of drug-likeness (QED) is 0.507. The van der Waals surface area contributed by atoms with Crippen molar-refractivity contribution in [1.29, 1.82) is 0 Å². The Morgan fingerprint density at radius 1 is 1.40 bits per heavy atom. The van der Waals surface area contributed by atoms with Crippen molar-refractivity contribution in [3.05, 3.63) is 0 Å². The Hall–Kier alpha value is -0.520. The average molecular weight is 208 g/mol. The minimum Gasteiger partial charge on any atom is -0.313 e. The van der Waals surface area contributed by atoms with Crippen LogP contribution in [0.3, 0.4) is 0 Å². The third-order valence-corrected chi connectivity index (χ3v) is 3.14. The first kappa shape index (κ1) is 12.5. The van der Waals surface area contributed by atoms with Crippen LogP contribution in [0.25, 0.3) is 0 Å². The molecule has 2 heteroatoms. The Labute approximate surface area is 94.4 Å². The van der Waals surface area contributed by atoms with E-state index in [0.717, 1.165) is 19.4 Å². The molecule has 1 heterocycles. The van der Waals surface area contributed by atoms with Crippen molar-refractivity contribution in [2.75, 3.05) is 26.2 Å². The molecule has 1 aliphatic heterocycles. The molecule has 1 aliphatic rings. The highest BCUT2D eigenvalue weighted by Crippen LogP contribution is 2.07. The molecule has 86 valence electrons. The van der Waals surface area contributed by atoms with Gasteiger partial charge < -0.3 is 10.2 Å². The Kier molecular flexibility index (Phi) is 6.47. The number of likely N-dealkylation sites (tertiary alicyclic amines) is 1. The van der Waals surface area contributed by atoms with Crippen LogP contribution in [0.5, 0.6) is 0 Å². The summed E-state index contributed by atoms with van der Waals surface area (Å²) in [4.78, 5) is 2.56. The first-order valence-electron chi connectivity index (χ1n) is 6.26. The van der Waals surface area contributed by atoms with E-state index in [0.29, 0.717) is 6.04 Å². The zero-order chi connectivity index (χ0) is 10.9. The van der Waals surface area contributed by atoms with Crippen molar-refractivity contribution in [2.45, 2.75) is 45.1 Å². The standard InChI is InChI=1S/C13H24N2/c1-3-8-13(4-2)14-9-7-12-15-10-5-6-11-15/h1,13-14H,4-12H2,2H3. The smallest absolute Gasteiger partial charge is 0.0240 e. The Morgan fingerprint density at radius 2 is 2.13 bits per heavy atom. The lowest BCUT2D eigenvalue weighted by molar-refractivity contribution is 0.327. The Morgan fingerprint density at radius 3 is 2.73 bits per heavy atom. The lowest BCUT2D eigenvalue weighted by Crippen LogP contribution is -2.31. The molecule has 1 N–H and O–H groups in total. The second-order valence-electron chi connectivity index (χ2n) is 4.37. The average Bonchev–Trinajstić information content (AvgIpc) is 2.75. The summed E-state index contributed by atoms with van der Waals surface area (Å²) in [5.74, 6) is 2.73. The van der Waals surface area contributed by atoms with Gasteiger partial charge in [0, 0.05) is 12.5 Å². The van der Waals surface area contributed by atoms with E-state index in [1.165, 1.54) is 38.9 Å². The topological polar surface area (TPSA) is 15.3 Å². The molecule has 15 heavy (non-hydrogen) atoms. The van der Waals surface area contributed by atoms with Gasteiger partial charge in [0.2, 0.25) is 0 Å². The van der Waals surface area contributed by atoms with Gasteiger partial charge in [-0.2, -0.15) is 0 Å².